The first-order chi connectivity index (χ1) is 10.0. The Hall–Kier alpha value is -1.47. The van der Waals surface area contributed by atoms with Crippen molar-refractivity contribution in [2.45, 2.75) is 25.4 Å². The summed E-state index contributed by atoms with van der Waals surface area (Å²) in [5, 5.41) is 4.51. The Morgan fingerprint density at radius 1 is 1.52 bits per heavy atom. The molecule has 2 aromatic heterocycles. The molecular formula is C14H16BrN3O3. The van der Waals surface area contributed by atoms with E-state index in [4.69, 9.17) is 9.47 Å². The predicted octanol–water partition coefficient (Wildman–Crippen LogP) is 2.22. The molecule has 0 radical (unpaired) electrons. The van der Waals surface area contributed by atoms with E-state index in [0.717, 1.165) is 22.1 Å². The number of carbonyl (C=O) groups excluding carboxylic acids is 1. The standard InChI is InChI=1S/C14H16BrN3O3/c1-8-6-9(15)7-18-11(8)16-13(17-18)14(21-3)5-4-10(14)12(19)20-2/h6-7,10H,4-5H2,1-3H3. The van der Waals surface area contributed by atoms with Gasteiger partial charge in [0.15, 0.2) is 11.5 Å². The van der Waals surface area contributed by atoms with E-state index in [1.165, 1.54) is 7.11 Å². The summed E-state index contributed by atoms with van der Waals surface area (Å²) in [6, 6.07) is 1.98. The molecule has 3 rings (SSSR count). The number of fused-ring (bicyclic) bond motifs is 1. The minimum absolute atomic E-state index is 0.278. The summed E-state index contributed by atoms with van der Waals surface area (Å²) in [5.74, 6) is -0.0960. The SMILES string of the molecule is COC(=O)C1CCC1(OC)c1nc2c(C)cc(Br)cn2n1. The van der Waals surface area contributed by atoms with Crippen molar-refractivity contribution in [3.05, 3.63) is 28.1 Å². The lowest BCUT2D eigenvalue weighted by Gasteiger charge is -2.44. The molecule has 2 atom stereocenters. The van der Waals surface area contributed by atoms with Crippen LogP contribution in [0.25, 0.3) is 5.65 Å². The van der Waals surface area contributed by atoms with Crippen LogP contribution < -0.4 is 0 Å². The molecule has 1 saturated carbocycles. The van der Waals surface area contributed by atoms with E-state index in [-0.39, 0.29) is 11.9 Å². The van der Waals surface area contributed by atoms with E-state index in [1.54, 1.807) is 11.6 Å². The number of nitrogens with zero attached hydrogens (tertiary/aromatic N) is 3. The van der Waals surface area contributed by atoms with Crippen molar-refractivity contribution in [3.8, 4) is 0 Å². The summed E-state index contributed by atoms with van der Waals surface area (Å²) in [7, 11) is 2.98. The molecule has 0 saturated heterocycles. The van der Waals surface area contributed by atoms with Gasteiger partial charge in [-0.2, -0.15) is 0 Å². The first-order valence-corrected chi connectivity index (χ1v) is 7.47. The topological polar surface area (TPSA) is 65.7 Å². The third kappa shape index (κ3) is 2.06. The van der Waals surface area contributed by atoms with Crippen molar-refractivity contribution in [2.75, 3.05) is 14.2 Å². The van der Waals surface area contributed by atoms with Gasteiger partial charge in [-0.3, -0.25) is 4.79 Å². The van der Waals surface area contributed by atoms with Crippen LogP contribution in [0, 0.1) is 12.8 Å². The highest BCUT2D eigenvalue weighted by Crippen LogP contribution is 2.48. The Balaban J connectivity index is 2.10. The highest BCUT2D eigenvalue weighted by Gasteiger charge is 2.56. The molecule has 0 bridgehead atoms. The molecule has 7 heteroatoms. The van der Waals surface area contributed by atoms with Crippen LogP contribution in [0.2, 0.25) is 0 Å². The first-order valence-electron chi connectivity index (χ1n) is 6.68. The van der Waals surface area contributed by atoms with Crippen LogP contribution in [0.4, 0.5) is 0 Å². The molecule has 0 amide bonds. The molecule has 6 nitrogen and oxygen atoms in total. The van der Waals surface area contributed by atoms with Crippen molar-refractivity contribution < 1.29 is 14.3 Å². The molecule has 2 heterocycles. The number of hydrogen-bond acceptors (Lipinski definition) is 5. The molecular weight excluding hydrogens is 338 g/mol. The molecule has 0 N–H and O–H groups in total. The van der Waals surface area contributed by atoms with Gasteiger partial charge in [-0.1, -0.05) is 0 Å². The smallest absolute Gasteiger partial charge is 0.312 e. The molecule has 2 unspecified atom stereocenters. The number of carbonyl (C=O) groups is 1. The molecule has 1 fully saturated rings. The second kappa shape index (κ2) is 5.06. The minimum Gasteiger partial charge on any atom is -0.469 e. The minimum atomic E-state index is -0.780. The van der Waals surface area contributed by atoms with Crippen LogP contribution in [0.3, 0.4) is 0 Å². The summed E-state index contributed by atoms with van der Waals surface area (Å²) in [6.07, 6.45) is 3.27. The monoisotopic (exact) mass is 353 g/mol. The first kappa shape index (κ1) is 14.5. The fraction of sp³-hybridized carbons (Fsp3) is 0.500. The second-order valence-electron chi connectivity index (χ2n) is 5.25. The van der Waals surface area contributed by atoms with Crippen molar-refractivity contribution in [1.82, 2.24) is 14.6 Å². The number of aromatic nitrogens is 3. The lowest BCUT2D eigenvalue weighted by molar-refractivity contribution is -0.182. The summed E-state index contributed by atoms with van der Waals surface area (Å²) in [4.78, 5) is 16.5. The van der Waals surface area contributed by atoms with E-state index in [9.17, 15) is 4.79 Å². The Labute approximate surface area is 130 Å². The summed E-state index contributed by atoms with van der Waals surface area (Å²) in [5.41, 5.74) is 0.987. The zero-order valence-electron chi connectivity index (χ0n) is 12.1. The Morgan fingerprint density at radius 3 is 2.86 bits per heavy atom. The normalized spacial score (nSPS) is 24.9. The summed E-state index contributed by atoms with van der Waals surface area (Å²) >= 11 is 3.44. The lowest BCUT2D eigenvalue weighted by atomic mass is 9.68. The van der Waals surface area contributed by atoms with Gasteiger partial charge in [0.1, 0.15) is 5.60 Å². The van der Waals surface area contributed by atoms with Crippen LogP contribution in [0.15, 0.2) is 16.7 Å². The number of ether oxygens (including phenoxy) is 2. The van der Waals surface area contributed by atoms with Gasteiger partial charge in [0, 0.05) is 17.8 Å². The lowest BCUT2D eigenvalue weighted by Crippen LogP contribution is -2.51. The number of halogens is 1. The van der Waals surface area contributed by atoms with Gasteiger partial charge in [-0.05, 0) is 47.3 Å². The van der Waals surface area contributed by atoms with Crippen molar-refractivity contribution >= 4 is 27.5 Å². The molecule has 112 valence electrons. The Kier molecular flexibility index (Phi) is 3.49. The van der Waals surface area contributed by atoms with Crippen LogP contribution >= 0.6 is 15.9 Å². The predicted molar refractivity (Wildman–Crippen MR) is 78.9 cm³/mol. The van der Waals surface area contributed by atoms with E-state index in [1.807, 2.05) is 19.2 Å². The highest BCUT2D eigenvalue weighted by atomic mass is 79.9. The highest BCUT2D eigenvalue weighted by molar-refractivity contribution is 9.10. The summed E-state index contributed by atoms with van der Waals surface area (Å²) in [6.45, 7) is 1.97. The van der Waals surface area contributed by atoms with E-state index in [2.05, 4.69) is 26.0 Å². The Bertz CT molecular complexity index is 711. The van der Waals surface area contributed by atoms with Gasteiger partial charge in [0.2, 0.25) is 0 Å². The summed E-state index contributed by atoms with van der Waals surface area (Å²) < 4.78 is 13.1. The molecule has 0 spiro atoms. The maximum Gasteiger partial charge on any atom is 0.312 e. The molecule has 0 aromatic carbocycles. The van der Waals surface area contributed by atoms with E-state index >= 15 is 0 Å². The van der Waals surface area contributed by atoms with Crippen molar-refractivity contribution in [3.63, 3.8) is 0 Å². The fourth-order valence-corrected chi connectivity index (χ4v) is 3.43. The molecule has 0 aliphatic heterocycles. The number of esters is 1. The second-order valence-corrected chi connectivity index (χ2v) is 6.17. The molecule has 2 aromatic rings. The van der Waals surface area contributed by atoms with Gasteiger partial charge in [0.05, 0.1) is 13.0 Å². The largest absolute Gasteiger partial charge is 0.469 e. The van der Waals surface area contributed by atoms with Gasteiger partial charge < -0.3 is 9.47 Å². The molecule has 1 aliphatic rings. The average molecular weight is 354 g/mol. The van der Waals surface area contributed by atoms with Crippen LogP contribution in [-0.2, 0) is 19.9 Å². The zero-order chi connectivity index (χ0) is 15.2. The van der Waals surface area contributed by atoms with Gasteiger partial charge in [-0.15, -0.1) is 5.10 Å². The van der Waals surface area contributed by atoms with E-state index in [0.29, 0.717) is 12.2 Å². The van der Waals surface area contributed by atoms with Crippen LogP contribution in [-0.4, -0.2) is 34.8 Å². The molecule has 1 aliphatic carbocycles. The number of rotatable bonds is 3. The molecule has 21 heavy (non-hydrogen) atoms. The maximum atomic E-state index is 11.9. The Morgan fingerprint density at radius 2 is 2.29 bits per heavy atom. The number of methoxy groups -OCH3 is 2. The average Bonchev–Trinajstić information content (AvgIpc) is 2.82. The number of aryl methyl sites for hydroxylation is 1. The van der Waals surface area contributed by atoms with Crippen LogP contribution in [0.1, 0.15) is 24.2 Å². The van der Waals surface area contributed by atoms with Crippen molar-refractivity contribution in [1.29, 1.82) is 0 Å². The third-order valence-electron chi connectivity index (χ3n) is 4.18. The third-order valence-corrected chi connectivity index (χ3v) is 4.61. The van der Waals surface area contributed by atoms with Gasteiger partial charge >= 0.3 is 5.97 Å². The number of hydrogen-bond donors (Lipinski definition) is 0. The van der Waals surface area contributed by atoms with E-state index < -0.39 is 5.60 Å². The van der Waals surface area contributed by atoms with Crippen molar-refractivity contribution in [2.24, 2.45) is 5.92 Å². The zero-order valence-corrected chi connectivity index (χ0v) is 13.7. The van der Waals surface area contributed by atoms with Crippen LogP contribution in [0.5, 0.6) is 0 Å². The van der Waals surface area contributed by atoms with Gasteiger partial charge in [-0.25, -0.2) is 9.50 Å². The fourth-order valence-electron chi connectivity index (χ4n) is 2.89. The quantitative estimate of drug-likeness (QED) is 0.791. The number of pyridine rings is 1. The maximum absolute atomic E-state index is 11.9. The van der Waals surface area contributed by atoms with Gasteiger partial charge in [0.25, 0.3) is 0 Å².